The van der Waals surface area contributed by atoms with E-state index in [9.17, 15) is 10.1 Å². The number of benzene rings is 1. The minimum absolute atomic E-state index is 0.102. The van der Waals surface area contributed by atoms with Gasteiger partial charge in [0, 0.05) is 0 Å². The molecule has 21 heavy (non-hydrogen) atoms. The Morgan fingerprint density at radius 1 is 1.14 bits per heavy atom. The first kappa shape index (κ1) is 18.0. The van der Waals surface area contributed by atoms with Crippen LogP contribution in [0.4, 0.5) is 0 Å². The number of hydrogen-bond acceptors (Lipinski definition) is 4. The largest absolute Gasteiger partial charge is 0.491 e. The van der Waals surface area contributed by atoms with Crippen molar-refractivity contribution in [2.75, 3.05) is 0 Å². The maximum absolute atomic E-state index is 10.2. The van der Waals surface area contributed by atoms with Gasteiger partial charge in [0.25, 0.3) is 0 Å². The van der Waals surface area contributed by atoms with Crippen LogP contribution in [0.5, 0.6) is 5.75 Å². The van der Waals surface area contributed by atoms with Crippen molar-refractivity contribution in [3.63, 3.8) is 0 Å². The lowest BCUT2D eigenvalue weighted by Crippen LogP contribution is -2.53. The molecule has 0 fully saturated rings. The first-order chi connectivity index (χ1) is 9.44. The summed E-state index contributed by atoms with van der Waals surface area (Å²) >= 11 is 0. The third-order valence-electron chi connectivity index (χ3n) is 3.73. The first-order valence-electron chi connectivity index (χ1n) is 7.29. The number of ether oxygens (including phenoxy) is 1. The molecule has 0 bridgehead atoms. The summed E-state index contributed by atoms with van der Waals surface area (Å²) in [6.45, 7) is 12.7. The Balaban J connectivity index is 2.89. The lowest BCUT2D eigenvalue weighted by molar-refractivity contribution is -0.0982. The Hall–Kier alpha value is -1.04. The molecule has 1 aromatic rings. The normalized spacial score (nSPS) is 12.7. The van der Waals surface area contributed by atoms with Crippen LogP contribution in [0.15, 0.2) is 18.2 Å². The van der Waals surface area contributed by atoms with Gasteiger partial charge in [0.1, 0.15) is 5.75 Å². The van der Waals surface area contributed by atoms with Gasteiger partial charge in [-0.1, -0.05) is 12.1 Å². The molecule has 1 rings (SSSR count). The van der Waals surface area contributed by atoms with Crippen LogP contribution in [0.2, 0.25) is 0 Å². The van der Waals surface area contributed by atoms with Crippen LogP contribution in [-0.4, -0.2) is 34.6 Å². The summed E-state index contributed by atoms with van der Waals surface area (Å²) in [7, 11) is -1.10. The predicted octanol–water partition coefficient (Wildman–Crippen LogP) is 2.04. The maximum atomic E-state index is 10.2. The molecule has 0 saturated carbocycles. The fraction of sp³-hybridized carbons (Fsp3) is 0.625. The van der Waals surface area contributed by atoms with E-state index in [0.717, 1.165) is 11.3 Å². The molecule has 0 unspecified atom stereocenters. The van der Waals surface area contributed by atoms with E-state index in [1.807, 2.05) is 32.9 Å². The lowest BCUT2D eigenvalue weighted by Gasteiger charge is -2.38. The monoisotopic (exact) mass is 294 g/mol. The summed E-state index contributed by atoms with van der Waals surface area (Å²) in [5.41, 5.74) is -0.372. The van der Waals surface area contributed by atoms with Crippen LogP contribution in [0.25, 0.3) is 0 Å². The van der Waals surface area contributed by atoms with Gasteiger partial charge in [-0.2, -0.15) is 0 Å². The number of hydrogen-bond donors (Lipinski definition) is 2. The van der Waals surface area contributed by atoms with E-state index in [1.54, 1.807) is 33.8 Å². The van der Waals surface area contributed by atoms with Gasteiger partial charge in [-0.3, -0.25) is 0 Å². The van der Waals surface area contributed by atoms with Crippen molar-refractivity contribution in [2.45, 2.75) is 65.8 Å². The molecule has 0 aliphatic heterocycles. The molecule has 5 heteroatoms. The van der Waals surface area contributed by atoms with Crippen LogP contribution in [-0.2, 0) is 4.65 Å². The molecule has 0 aromatic heterocycles. The van der Waals surface area contributed by atoms with Crippen LogP contribution >= 0.6 is 0 Å². The second-order valence-corrected chi connectivity index (χ2v) is 6.73. The van der Waals surface area contributed by atoms with Gasteiger partial charge in [0.15, 0.2) is 0 Å². The number of aliphatic hydroxyl groups is 1. The average Bonchev–Trinajstić information content (AvgIpc) is 2.29. The van der Waals surface area contributed by atoms with Gasteiger partial charge in [0.2, 0.25) is 0 Å². The average molecular weight is 294 g/mol. The van der Waals surface area contributed by atoms with Gasteiger partial charge < -0.3 is 19.5 Å². The SMILES string of the molecule is Cc1cc(B(O)OC(C)(C)C(C)(C)O)ccc1OC(C)C. The van der Waals surface area contributed by atoms with Gasteiger partial charge in [0.05, 0.1) is 17.3 Å². The minimum atomic E-state index is -1.10. The molecule has 2 N–H and O–H groups in total. The Bertz CT molecular complexity index is 478. The fourth-order valence-corrected chi connectivity index (χ4v) is 1.70. The molecule has 0 spiro atoms. The van der Waals surface area contributed by atoms with E-state index in [2.05, 4.69) is 0 Å². The third-order valence-corrected chi connectivity index (χ3v) is 3.73. The highest BCUT2D eigenvalue weighted by Crippen LogP contribution is 2.25. The van der Waals surface area contributed by atoms with Crippen molar-refractivity contribution < 1.29 is 19.5 Å². The summed E-state index contributed by atoms with van der Waals surface area (Å²) in [5.74, 6) is 0.794. The Kier molecular flexibility index (Phi) is 5.48. The Morgan fingerprint density at radius 2 is 1.71 bits per heavy atom. The zero-order valence-electron chi connectivity index (χ0n) is 14.1. The Labute approximate surface area is 128 Å². The van der Waals surface area contributed by atoms with Crippen molar-refractivity contribution in [1.29, 1.82) is 0 Å². The summed E-state index contributed by atoms with van der Waals surface area (Å²) in [4.78, 5) is 0. The smallest absolute Gasteiger partial charge is 0.491 e. The van der Waals surface area contributed by atoms with Gasteiger partial charge in [-0.25, -0.2) is 0 Å². The molecule has 0 radical (unpaired) electrons. The van der Waals surface area contributed by atoms with Crippen molar-refractivity contribution in [3.05, 3.63) is 23.8 Å². The number of rotatable bonds is 6. The highest BCUT2D eigenvalue weighted by Gasteiger charge is 2.39. The standard InChI is InChI=1S/C16H27BO4/c1-11(2)20-14-9-8-13(10-12(14)3)17(19)21-16(6,7)15(4,5)18/h8-11,18-19H,1-7H3. The lowest BCUT2D eigenvalue weighted by atomic mass is 9.76. The van der Waals surface area contributed by atoms with Gasteiger partial charge >= 0.3 is 7.12 Å². The minimum Gasteiger partial charge on any atom is -0.491 e. The third kappa shape index (κ3) is 4.73. The first-order valence-corrected chi connectivity index (χ1v) is 7.29. The summed E-state index contributed by atoms with van der Waals surface area (Å²) < 4.78 is 11.3. The molecule has 0 heterocycles. The van der Waals surface area contributed by atoms with Crippen molar-refractivity contribution in [2.24, 2.45) is 0 Å². The molecule has 118 valence electrons. The van der Waals surface area contributed by atoms with Gasteiger partial charge in [-0.05, 0) is 65.6 Å². The van der Waals surface area contributed by atoms with E-state index in [1.165, 1.54) is 0 Å². The highest BCUT2D eigenvalue weighted by molar-refractivity contribution is 6.60. The fourth-order valence-electron chi connectivity index (χ4n) is 1.70. The predicted molar refractivity (Wildman–Crippen MR) is 86.0 cm³/mol. The molecule has 0 aliphatic carbocycles. The van der Waals surface area contributed by atoms with Crippen LogP contribution in [0, 0.1) is 6.92 Å². The van der Waals surface area contributed by atoms with E-state index in [0.29, 0.717) is 5.46 Å². The van der Waals surface area contributed by atoms with E-state index < -0.39 is 18.3 Å². The second-order valence-electron chi connectivity index (χ2n) is 6.73. The summed E-state index contributed by atoms with van der Waals surface area (Å²) in [6, 6.07) is 5.44. The van der Waals surface area contributed by atoms with Crippen molar-refractivity contribution in [1.82, 2.24) is 0 Å². The molecule has 0 amide bonds. The van der Waals surface area contributed by atoms with Crippen molar-refractivity contribution >= 4 is 12.6 Å². The van der Waals surface area contributed by atoms with E-state index in [4.69, 9.17) is 9.39 Å². The van der Waals surface area contributed by atoms with Gasteiger partial charge in [-0.15, -0.1) is 0 Å². The van der Waals surface area contributed by atoms with Crippen LogP contribution in [0.1, 0.15) is 47.1 Å². The maximum Gasteiger partial charge on any atom is 0.491 e. The molecule has 1 aromatic carbocycles. The Morgan fingerprint density at radius 3 is 2.14 bits per heavy atom. The molecular formula is C16H27BO4. The molecular weight excluding hydrogens is 267 g/mol. The number of aryl methyl sites for hydroxylation is 1. The zero-order chi connectivity index (χ0) is 16.4. The quantitative estimate of drug-likeness (QED) is 0.788. The summed E-state index contributed by atoms with van der Waals surface area (Å²) in [5, 5.41) is 20.3. The van der Waals surface area contributed by atoms with Crippen LogP contribution in [0.3, 0.4) is 0 Å². The van der Waals surface area contributed by atoms with Crippen molar-refractivity contribution in [3.8, 4) is 5.75 Å². The second kappa shape index (κ2) is 6.38. The topological polar surface area (TPSA) is 58.9 Å². The molecule has 0 aliphatic rings. The zero-order valence-corrected chi connectivity index (χ0v) is 14.1. The van der Waals surface area contributed by atoms with E-state index >= 15 is 0 Å². The molecule has 0 atom stereocenters. The van der Waals surface area contributed by atoms with E-state index in [-0.39, 0.29) is 6.10 Å². The van der Waals surface area contributed by atoms with Crippen LogP contribution < -0.4 is 10.2 Å². The molecule has 0 saturated heterocycles. The molecule has 4 nitrogen and oxygen atoms in total. The summed E-state index contributed by atoms with van der Waals surface area (Å²) in [6.07, 6.45) is 0.102. The highest BCUT2D eigenvalue weighted by atomic mass is 16.5.